The minimum absolute atomic E-state index is 0.118. The van der Waals surface area contributed by atoms with Crippen molar-refractivity contribution in [2.75, 3.05) is 6.61 Å². The summed E-state index contributed by atoms with van der Waals surface area (Å²) >= 11 is 0. The monoisotopic (exact) mass is 444 g/mol. The van der Waals surface area contributed by atoms with Gasteiger partial charge in [0.2, 0.25) is 5.69 Å². The van der Waals surface area contributed by atoms with Gasteiger partial charge in [-0.2, -0.15) is 0 Å². The Morgan fingerprint density at radius 3 is 1.94 bits per heavy atom. The summed E-state index contributed by atoms with van der Waals surface area (Å²) in [4.78, 5) is 31.7. The van der Waals surface area contributed by atoms with E-state index >= 15 is 0 Å². The van der Waals surface area contributed by atoms with Crippen molar-refractivity contribution in [1.82, 2.24) is 9.97 Å². The Morgan fingerprint density at radius 1 is 0.781 bits per heavy atom. The number of hydrogen-bond acceptors (Lipinski definition) is 6. The van der Waals surface area contributed by atoms with E-state index in [1.54, 1.807) is 0 Å². The van der Waals surface area contributed by atoms with Crippen LogP contribution in [0, 0.1) is 11.8 Å². The highest BCUT2D eigenvalue weighted by atomic mass is 16.6. The van der Waals surface area contributed by atoms with E-state index in [1.807, 2.05) is 6.92 Å². The molecule has 0 fully saturated rings. The molecule has 0 radical (unpaired) electrons. The maximum atomic E-state index is 12.0. The van der Waals surface area contributed by atoms with Crippen LogP contribution in [0.4, 0.5) is 0 Å². The zero-order valence-electron chi connectivity index (χ0n) is 20.0. The topological polar surface area (TPSA) is 78.4 Å². The molecule has 0 amide bonds. The van der Waals surface area contributed by atoms with Crippen molar-refractivity contribution in [3.05, 3.63) is 18.1 Å². The normalized spacial score (nSPS) is 10.3. The van der Waals surface area contributed by atoms with Gasteiger partial charge in [-0.1, -0.05) is 96.8 Å². The molecule has 0 aliphatic heterocycles. The summed E-state index contributed by atoms with van der Waals surface area (Å²) in [5, 5.41) is 0. The molecule has 0 aliphatic carbocycles. The molecule has 1 aromatic rings. The van der Waals surface area contributed by atoms with Gasteiger partial charge < -0.3 is 9.47 Å². The van der Waals surface area contributed by atoms with E-state index in [0.29, 0.717) is 12.8 Å². The molecule has 0 atom stereocenters. The third-order valence-corrected chi connectivity index (χ3v) is 5.08. The van der Waals surface area contributed by atoms with Gasteiger partial charge in [0.15, 0.2) is 0 Å². The first-order chi connectivity index (χ1) is 15.7. The zero-order chi connectivity index (χ0) is 23.3. The molecular formula is C26H40N2O4. The second kappa shape index (κ2) is 19.3. The number of ether oxygens (including phenoxy) is 2. The van der Waals surface area contributed by atoms with Crippen LogP contribution in [0.3, 0.4) is 0 Å². The number of hydrogen-bond donors (Lipinski definition) is 0. The zero-order valence-corrected chi connectivity index (χ0v) is 20.0. The molecule has 178 valence electrons. The number of carbonyl (C=O) groups is 2. The van der Waals surface area contributed by atoms with Crippen LogP contribution >= 0.6 is 0 Å². The van der Waals surface area contributed by atoms with E-state index in [2.05, 4.69) is 28.7 Å². The summed E-state index contributed by atoms with van der Waals surface area (Å²) in [6, 6.07) is 0. The second-order valence-corrected chi connectivity index (χ2v) is 8.03. The summed E-state index contributed by atoms with van der Waals surface area (Å²) in [6.45, 7) is 4.41. The minimum Gasteiger partial charge on any atom is -0.461 e. The molecule has 6 heteroatoms. The molecule has 1 rings (SSSR count). The molecule has 0 saturated heterocycles. The lowest BCUT2D eigenvalue weighted by atomic mass is 10.0. The fraction of sp³-hybridized carbons (Fsp3) is 0.692. The summed E-state index contributed by atoms with van der Waals surface area (Å²) in [6.07, 6.45) is 20.9. The largest absolute Gasteiger partial charge is 0.461 e. The Bertz CT molecular complexity index is 709. The van der Waals surface area contributed by atoms with Gasteiger partial charge in [0, 0.05) is 24.7 Å². The number of unbranched alkanes of at least 4 members (excludes halogenated alkanes) is 13. The molecule has 1 aromatic heterocycles. The van der Waals surface area contributed by atoms with Crippen molar-refractivity contribution in [3.8, 4) is 17.7 Å². The van der Waals surface area contributed by atoms with Crippen molar-refractivity contribution in [2.45, 2.75) is 110 Å². The Labute approximate surface area is 193 Å². The highest BCUT2D eigenvalue weighted by molar-refractivity contribution is 5.93. The SMILES string of the molecule is CCCCCCCCCCCCCCCC#CC(=O)Oc1nccnc1C(=O)OCCC. The number of nitrogens with zero attached hydrogens (tertiary/aromatic N) is 2. The summed E-state index contributed by atoms with van der Waals surface area (Å²) in [5.74, 6) is 3.71. The van der Waals surface area contributed by atoms with Crippen molar-refractivity contribution in [1.29, 1.82) is 0 Å². The Kier molecular flexibility index (Phi) is 16.6. The predicted molar refractivity (Wildman–Crippen MR) is 126 cm³/mol. The first kappa shape index (κ1) is 27.6. The van der Waals surface area contributed by atoms with E-state index < -0.39 is 11.9 Å². The van der Waals surface area contributed by atoms with Gasteiger partial charge in [0.25, 0.3) is 5.88 Å². The van der Waals surface area contributed by atoms with Gasteiger partial charge in [-0.3, -0.25) is 0 Å². The Hall–Kier alpha value is -2.42. The van der Waals surface area contributed by atoms with Gasteiger partial charge >= 0.3 is 11.9 Å². The number of esters is 2. The van der Waals surface area contributed by atoms with Gasteiger partial charge in [0.05, 0.1) is 6.61 Å². The summed E-state index contributed by atoms with van der Waals surface area (Å²) in [7, 11) is 0. The van der Waals surface area contributed by atoms with Gasteiger partial charge in [-0.05, 0) is 12.8 Å². The van der Waals surface area contributed by atoms with Crippen LogP contribution in [-0.4, -0.2) is 28.5 Å². The van der Waals surface area contributed by atoms with Crippen LogP contribution in [0.1, 0.15) is 121 Å². The lowest BCUT2D eigenvalue weighted by Gasteiger charge is -2.05. The number of carbonyl (C=O) groups excluding carboxylic acids is 2. The molecule has 0 N–H and O–H groups in total. The van der Waals surface area contributed by atoms with Crippen molar-refractivity contribution >= 4 is 11.9 Å². The Balaban J connectivity index is 2.11. The highest BCUT2D eigenvalue weighted by Crippen LogP contribution is 2.14. The average Bonchev–Trinajstić information content (AvgIpc) is 2.80. The van der Waals surface area contributed by atoms with Crippen LogP contribution in [-0.2, 0) is 9.53 Å². The van der Waals surface area contributed by atoms with Crippen LogP contribution in [0.2, 0.25) is 0 Å². The fourth-order valence-corrected chi connectivity index (χ4v) is 3.28. The quantitative estimate of drug-likeness (QED) is 0.119. The molecule has 6 nitrogen and oxygen atoms in total. The van der Waals surface area contributed by atoms with E-state index in [9.17, 15) is 9.59 Å². The average molecular weight is 445 g/mol. The van der Waals surface area contributed by atoms with Gasteiger partial charge in [0.1, 0.15) is 0 Å². The van der Waals surface area contributed by atoms with E-state index in [-0.39, 0.29) is 18.2 Å². The van der Waals surface area contributed by atoms with Gasteiger partial charge in [-0.25, -0.2) is 19.6 Å². The molecule has 0 spiro atoms. The second-order valence-electron chi connectivity index (χ2n) is 8.03. The molecule has 32 heavy (non-hydrogen) atoms. The molecule has 1 heterocycles. The molecule has 0 aromatic carbocycles. The first-order valence-electron chi connectivity index (χ1n) is 12.4. The summed E-state index contributed by atoms with van der Waals surface area (Å²) < 4.78 is 10.1. The van der Waals surface area contributed by atoms with E-state index in [1.165, 1.54) is 83.0 Å². The molecule has 0 unspecified atom stereocenters. The predicted octanol–water partition coefficient (Wildman–Crippen LogP) is 6.43. The molecular weight excluding hydrogens is 404 g/mol. The molecule has 0 bridgehead atoms. The number of aromatic nitrogens is 2. The van der Waals surface area contributed by atoms with Crippen LogP contribution in [0.25, 0.3) is 0 Å². The van der Waals surface area contributed by atoms with Crippen LogP contribution < -0.4 is 4.74 Å². The van der Waals surface area contributed by atoms with Crippen LogP contribution in [0.5, 0.6) is 5.88 Å². The summed E-state index contributed by atoms with van der Waals surface area (Å²) in [5.41, 5.74) is -0.118. The van der Waals surface area contributed by atoms with Crippen molar-refractivity contribution < 1.29 is 19.1 Å². The third kappa shape index (κ3) is 13.8. The van der Waals surface area contributed by atoms with Gasteiger partial charge in [-0.15, -0.1) is 0 Å². The van der Waals surface area contributed by atoms with E-state index in [4.69, 9.17) is 9.47 Å². The standard InChI is InChI=1S/C26H40N2O4/c1-3-5-6-7-8-9-10-11-12-13-14-15-16-17-18-19-23(29)32-25-24(27-20-21-28-25)26(30)31-22-4-2/h20-21H,3-17,22H2,1-2H3. The van der Waals surface area contributed by atoms with Crippen molar-refractivity contribution in [3.63, 3.8) is 0 Å². The number of rotatable bonds is 17. The third-order valence-electron chi connectivity index (χ3n) is 5.08. The maximum Gasteiger partial charge on any atom is 0.391 e. The first-order valence-corrected chi connectivity index (χ1v) is 12.4. The smallest absolute Gasteiger partial charge is 0.391 e. The Morgan fingerprint density at radius 2 is 1.34 bits per heavy atom. The molecule has 0 saturated carbocycles. The lowest BCUT2D eigenvalue weighted by Crippen LogP contribution is -2.14. The highest BCUT2D eigenvalue weighted by Gasteiger charge is 2.18. The van der Waals surface area contributed by atoms with E-state index in [0.717, 1.165) is 12.8 Å². The van der Waals surface area contributed by atoms with Crippen LogP contribution in [0.15, 0.2) is 12.4 Å². The lowest BCUT2D eigenvalue weighted by molar-refractivity contribution is -0.128. The van der Waals surface area contributed by atoms with Crippen molar-refractivity contribution in [2.24, 2.45) is 0 Å². The fourth-order valence-electron chi connectivity index (χ4n) is 3.28. The molecule has 0 aliphatic rings. The maximum absolute atomic E-state index is 12.0. The minimum atomic E-state index is -0.746.